The molecule has 0 aromatic heterocycles. The van der Waals surface area contributed by atoms with E-state index in [2.05, 4.69) is 0 Å². The Hall–Kier alpha value is 1.85. The molecule has 0 aromatic rings. The predicted octanol–water partition coefficient (Wildman–Crippen LogP) is -0.126. The van der Waals surface area contributed by atoms with E-state index in [1.807, 2.05) is 0 Å². The molecule has 0 bridgehead atoms. The summed E-state index contributed by atoms with van der Waals surface area (Å²) < 4.78 is 8.10. The van der Waals surface area contributed by atoms with Crippen LogP contribution in [0.4, 0.5) is 0 Å². The van der Waals surface area contributed by atoms with Gasteiger partial charge in [0, 0.05) is 42.5 Å². The Morgan fingerprint density at radius 2 is 1.25 bits per heavy atom. The van der Waals surface area contributed by atoms with E-state index in [0.717, 1.165) is 0 Å². The van der Waals surface area contributed by atoms with Crippen LogP contribution in [-0.4, -0.2) is 0 Å². The molecule has 0 N–H and O–H groups in total. The van der Waals surface area contributed by atoms with Gasteiger partial charge in [-0.2, -0.15) is 0 Å². The van der Waals surface area contributed by atoms with Gasteiger partial charge < -0.3 is 0 Å². The molecule has 0 rings (SSSR count). The van der Waals surface area contributed by atoms with Gasteiger partial charge in [0.1, 0.15) is 0 Å². The van der Waals surface area contributed by atoms with Crippen molar-refractivity contribution >= 4 is 0 Å². The molecule has 0 fully saturated rings. The molecule has 0 aliphatic carbocycles. The minimum absolute atomic E-state index is 0. The van der Waals surface area contributed by atoms with E-state index >= 15 is 0 Å². The van der Waals surface area contributed by atoms with Crippen LogP contribution < -0.4 is 0 Å². The molecule has 0 atom stereocenters. The van der Waals surface area contributed by atoms with Crippen molar-refractivity contribution in [3.63, 3.8) is 0 Å². The maximum Gasteiger partial charge on any atom is 0 e. The average Bonchev–Trinajstić information content (AvgIpc) is 1.00. The van der Waals surface area contributed by atoms with Gasteiger partial charge in [-0.3, -0.25) is 0 Å². The molecule has 0 amide bonds. The van der Waals surface area contributed by atoms with Crippen molar-refractivity contribution in [1.29, 1.82) is 0 Å². The van der Waals surface area contributed by atoms with Crippen LogP contribution in [0.5, 0.6) is 0 Å². The number of rotatable bonds is 0. The van der Waals surface area contributed by atoms with Gasteiger partial charge in [-0.15, -0.1) is 0 Å². The normalized spacial score (nSPS) is 1.50. The van der Waals surface area contributed by atoms with Crippen LogP contribution in [0.1, 0.15) is 0 Å². The van der Waals surface area contributed by atoms with Gasteiger partial charge in [0.25, 0.3) is 0 Å². The Morgan fingerprint density at radius 3 is 1.25 bits per heavy atom. The molecule has 1 nitrogen and oxygen atoms in total. The summed E-state index contributed by atoms with van der Waals surface area (Å²) in [6.07, 6.45) is 0. The zero-order chi connectivity index (χ0) is 2.00. The summed E-state index contributed by atoms with van der Waals surface area (Å²) in [5, 5.41) is 0. The smallest absolute Gasteiger partial charge is 0 e. The molecule has 0 aliphatic rings. The topological polar surface area (TPSA) is 17.1 Å². The van der Waals surface area contributed by atoms with Crippen molar-refractivity contribution in [2.75, 3.05) is 0 Å². The Labute approximate surface area is 64.5 Å². The average molecular weight is 496 g/mol. The van der Waals surface area contributed by atoms with Gasteiger partial charge in [-0.1, -0.05) is 0 Å². The van der Waals surface area contributed by atoms with E-state index in [4.69, 9.17) is 3.47 Å². The molecule has 0 unspecified atom stereocenters. The van der Waals surface area contributed by atoms with Crippen molar-refractivity contribution < 1.29 is 65.1 Å². The summed E-state index contributed by atoms with van der Waals surface area (Å²) in [7, 11) is 0. The summed E-state index contributed by atoms with van der Waals surface area (Å²) in [6.45, 7) is 0. The van der Waals surface area contributed by atoms with Gasteiger partial charge in [-0.05, 0) is 0 Å². The Kier molecular flexibility index (Phi) is 88.9. The van der Waals surface area contributed by atoms with Crippen molar-refractivity contribution in [2.24, 2.45) is 0 Å². The summed E-state index contributed by atoms with van der Waals surface area (Å²) in [5.74, 6) is 0. The molecule has 0 saturated heterocycles. The van der Waals surface area contributed by atoms with Crippen LogP contribution in [0.3, 0.4) is 0 Å². The van der Waals surface area contributed by atoms with Crippen molar-refractivity contribution in [1.82, 2.24) is 0 Å². The molecular weight excluding hydrogens is 496 g/mol. The van der Waals surface area contributed by atoms with E-state index in [1.54, 1.807) is 0 Å². The first-order valence-corrected chi connectivity index (χ1v) is 0.764. The first-order valence-electron chi connectivity index (χ1n) is 0.129. The Balaban J connectivity index is -0.00000000500. The Bertz CT molecular complexity index is 8.00. The van der Waals surface area contributed by atoms with E-state index in [1.165, 1.54) is 19.2 Å². The van der Waals surface area contributed by atoms with Gasteiger partial charge in [0.05, 0.1) is 0 Å². The summed E-state index contributed by atoms with van der Waals surface area (Å²) >= 11 is 1.50. The molecule has 0 aromatic carbocycles. The maximum absolute atomic E-state index is 8.10. The van der Waals surface area contributed by atoms with E-state index < -0.39 is 0 Å². The first-order chi connectivity index (χ1) is 1.00. The summed E-state index contributed by atoms with van der Waals surface area (Å²) in [6, 6.07) is 0. The van der Waals surface area contributed by atoms with E-state index in [0.29, 0.717) is 0 Å². The SMILES string of the molecule is [Ir].[O]=[Pd].[Ta]. The van der Waals surface area contributed by atoms with Crippen molar-refractivity contribution in [2.45, 2.75) is 0 Å². The minimum Gasteiger partial charge on any atom is 0 e. The van der Waals surface area contributed by atoms with Gasteiger partial charge >= 0.3 is 22.6 Å². The van der Waals surface area contributed by atoms with Crippen molar-refractivity contribution in [3.05, 3.63) is 0 Å². The van der Waals surface area contributed by atoms with E-state index in [9.17, 15) is 0 Å². The third kappa shape index (κ3) is 9.13. The molecule has 0 saturated carbocycles. The summed E-state index contributed by atoms with van der Waals surface area (Å²) in [4.78, 5) is 0. The fourth-order valence-electron chi connectivity index (χ4n) is 0. The molecule has 4 heteroatoms. The van der Waals surface area contributed by atoms with Crippen LogP contribution in [-0.2, 0) is 65.1 Å². The quantitative estimate of drug-likeness (QED) is 0.429. The van der Waals surface area contributed by atoms with Gasteiger partial charge in [0.2, 0.25) is 0 Å². The number of hydrogen-bond acceptors (Lipinski definition) is 1. The second kappa shape index (κ2) is 21.0. The Morgan fingerprint density at radius 1 is 1.25 bits per heavy atom. The summed E-state index contributed by atoms with van der Waals surface area (Å²) in [5.41, 5.74) is 0. The molecule has 0 spiro atoms. The predicted molar refractivity (Wildman–Crippen MR) is 0.686 cm³/mol. The first kappa shape index (κ1) is 16.9. The molecule has 2 radical (unpaired) electrons. The largest absolute Gasteiger partial charge is 0 e. The second-order valence-electron chi connectivity index (χ2n) is 0. The van der Waals surface area contributed by atoms with Crippen molar-refractivity contribution in [3.8, 4) is 0 Å². The molecule has 0 heterocycles. The fraction of sp³-hybridized carbons (Fsp3) is 0. The molecular formula is IrOPdTa. The third-order valence-electron chi connectivity index (χ3n) is 0. The second-order valence-corrected chi connectivity index (χ2v) is 0. The molecule has 4 heavy (non-hydrogen) atoms. The monoisotopic (exact) mass is 496 g/mol. The standard InChI is InChI=1S/Ir.O.Pd.Ta. The van der Waals surface area contributed by atoms with Crippen LogP contribution in [0.25, 0.3) is 0 Å². The van der Waals surface area contributed by atoms with E-state index in [-0.39, 0.29) is 42.5 Å². The maximum atomic E-state index is 8.10. The zero-order valence-electron chi connectivity index (χ0n) is 1.51. The number of hydrogen-bond donors (Lipinski definition) is 0. The van der Waals surface area contributed by atoms with Crippen LogP contribution in [0.2, 0.25) is 0 Å². The third-order valence-corrected chi connectivity index (χ3v) is 0. The van der Waals surface area contributed by atoms with Crippen LogP contribution in [0.15, 0.2) is 0 Å². The van der Waals surface area contributed by atoms with Gasteiger partial charge in [-0.25, -0.2) is 0 Å². The fourth-order valence-corrected chi connectivity index (χ4v) is 0. The zero-order valence-corrected chi connectivity index (χ0v) is 8.67. The van der Waals surface area contributed by atoms with Crippen LogP contribution >= 0.6 is 0 Å². The minimum atomic E-state index is 0. The van der Waals surface area contributed by atoms with Crippen LogP contribution in [0, 0.1) is 0 Å². The molecule has 30 valence electrons. The van der Waals surface area contributed by atoms with Gasteiger partial charge in [0.15, 0.2) is 0 Å². The molecule has 0 aliphatic heterocycles.